The highest BCUT2D eigenvalue weighted by Gasteiger charge is 2.34. The van der Waals surface area contributed by atoms with Crippen molar-refractivity contribution in [3.05, 3.63) is 53.6 Å². The van der Waals surface area contributed by atoms with Crippen molar-refractivity contribution in [2.24, 2.45) is 11.8 Å². The zero-order valence-electron chi connectivity index (χ0n) is 15.8. The van der Waals surface area contributed by atoms with Gasteiger partial charge >= 0.3 is 0 Å². The molecule has 2 aliphatic rings. The fourth-order valence-corrected chi connectivity index (χ4v) is 4.57. The van der Waals surface area contributed by atoms with Gasteiger partial charge in [-0.15, -0.1) is 0 Å². The zero-order chi connectivity index (χ0) is 19.4. The highest BCUT2D eigenvalue weighted by molar-refractivity contribution is 7.90. The molecule has 1 aromatic rings. The standard InChI is InChI=1S/C21H26N2O3S/c1-15(2)27(24,25)23-21-11-12-26-14-20(21)19-9-7-18(8-10-19)17-5-3-16(13-22)4-6-17/h3-9,15,19-21,23H,10-12,14H2,1-2H3/t19?,20-,21+/m1/s1. The molecule has 1 N–H and O–H groups in total. The highest BCUT2D eigenvalue weighted by atomic mass is 32.2. The van der Waals surface area contributed by atoms with E-state index < -0.39 is 15.3 Å². The van der Waals surface area contributed by atoms with E-state index in [1.54, 1.807) is 13.8 Å². The maximum atomic E-state index is 12.3. The molecule has 0 saturated carbocycles. The Morgan fingerprint density at radius 3 is 2.59 bits per heavy atom. The van der Waals surface area contributed by atoms with Crippen LogP contribution in [0.5, 0.6) is 0 Å². The third-order valence-corrected chi connectivity index (χ3v) is 7.24. The van der Waals surface area contributed by atoms with Crippen molar-refractivity contribution in [2.45, 2.75) is 38.0 Å². The molecule has 6 heteroatoms. The van der Waals surface area contributed by atoms with E-state index in [-0.39, 0.29) is 17.9 Å². The van der Waals surface area contributed by atoms with Crippen molar-refractivity contribution in [3.63, 3.8) is 0 Å². The molecule has 3 atom stereocenters. The van der Waals surface area contributed by atoms with E-state index in [0.717, 1.165) is 17.6 Å². The third-order valence-electron chi connectivity index (χ3n) is 5.37. The van der Waals surface area contributed by atoms with Gasteiger partial charge in [-0.25, -0.2) is 13.1 Å². The molecule has 27 heavy (non-hydrogen) atoms. The third kappa shape index (κ3) is 4.67. The van der Waals surface area contributed by atoms with Crippen molar-refractivity contribution in [3.8, 4) is 6.07 Å². The van der Waals surface area contributed by atoms with Crippen LogP contribution >= 0.6 is 0 Å². The van der Waals surface area contributed by atoms with Gasteiger partial charge in [0.1, 0.15) is 0 Å². The second-order valence-electron chi connectivity index (χ2n) is 7.45. The molecule has 0 aromatic heterocycles. The largest absolute Gasteiger partial charge is 0.381 e. The second kappa shape index (κ2) is 8.39. The fourth-order valence-electron chi connectivity index (χ4n) is 3.58. The monoisotopic (exact) mass is 386 g/mol. The fraction of sp³-hybridized carbons (Fsp3) is 0.476. The Balaban J connectivity index is 1.70. The average Bonchev–Trinajstić information content (AvgIpc) is 2.68. The van der Waals surface area contributed by atoms with Crippen molar-refractivity contribution in [1.29, 1.82) is 5.26 Å². The Bertz CT molecular complexity index is 864. The first-order valence-electron chi connectivity index (χ1n) is 9.38. The molecule has 3 rings (SSSR count). The van der Waals surface area contributed by atoms with Crippen molar-refractivity contribution < 1.29 is 13.2 Å². The Kier molecular flexibility index (Phi) is 6.15. The molecule has 5 nitrogen and oxygen atoms in total. The number of sulfonamides is 1. The van der Waals surface area contributed by atoms with Gasteiger partial charge in [-0.2, -0.15) is 5.26 Å². The molecule has 1 heterocycles. The summed E-state index contributed by atoms with van der Waals surface area (Å²) in [5.41, 5.74) is 2.86. The van der Waals surface area contributed by atoms with Crippen molar-refractivity contribution in [2.75, 3.05) is 13.2 Å². The van der Waals surface area contributed by atoms with E-state index in [9.17, 15) is 8.42 Å². The summed E-state index contributed by atoms with van der Waals surface area (Å²) in [6.07, 6.45) is 8.00. The SMILES string of the molecule is CC(C)S(=O)(=O)N[C@H]1CCOC[C@@H]1C1C=CC(c2ccc(C#N)cc2)=CC1. The highest BCUT2D eigenvalue weighted by Crippen LogP contribution is 2.33. The topological polar surface area (TPSA) is 79.2 Å². The van der Waals surface area contributed by atoms with Crippen LogP contribution in [-0.4, -0.2) is 32.9 Å². The van der Waals surface area contributed by atoms with Gasteiger partial charge in [0.2, 0.25) is 10.0 Å². The van der Waals surface area contributed by atoms with Crippen LogP contribution < -0.4 is 4.72 Å². The van der Waals surface area contributed by atoms with E-state index in [1.165, 1.54) is 0 Å². The quantitative estimate of drug-likeness (QED) is 0.842. The number of benzene rings is 1. The number of rotatable bonds is 5. The van der Waals surface area contributed by atoms with Crippen LogP contribution in [0.1, 0.15) is 37.8 Å². The maximum absolute atomic E-state index is 12.3. The van der Waals surface area contributed by atoms with Gasteiger partial charge in [0.25, 0.3) is 0 Å². The molecular formula is C21H26N2O3S. The van der Waals surface area contributed by atoms with Crippen LogP contribution in [0.3, 0.4) is 0 Å². The zero-order valence-corrected chi connectivity index (χ0v) is 16.6. The molecule has 1 aliphatic heterocycles. The molecule has 1 saturated heterocycles. The van der Waals surface area contributed by atoms with E-state index in [4.69, 9.17) is 10.00 Å². The minimum Gasteiger partial charge on any atom is -0.381 e. The van der Waals surface area contributed by atoms with Gasteiger partial charge in [-0.3, -0.25) is 0 Å². The minimum atomic E-state index is -3.30. The first-order chi connectivity index (χ1) is 12.9. The van der Waals surface area contributed by atoms with Gasteiger partial charge in [0.15, 0.2) is 0 Å². The van der Waals surface area contributed by atoms with E-state index in [0.29, 0.717) is 25.2 Å². The van der Waals surface area contributed by atoms with Gasteiger partial charge in [-0.05, 0) is 55.9 Å². The number of nitrogens with one attached hydrogen (secondary N) is 1. The summed E-state index contributed by atoms with van der Waals surface area (Å²) in [7, 11) is -3.30. The van der Waals surface area contributed by atoms with E-state index in [1.807, 2.05) is 24.3 Å². The van der Waals surface area contributed by atoms with Crippen molar-refractivity contribution in [1.82, 2.24) is 4.72 Å². The number of nitriles is 1. The molecule has 1 aromatic carbocycles. The lowest BCUT2D eigenvalue weighted by atomic mass is 9.79. The number of hydrogen-bond donors (Lipinski definition) is 1. The predicted molar refractivity (Wildman–Crippen MR) is 106 cm³/mol. The Hall–Kier alpha value is -1.94. The van der Waals surface area contributed by atoms with E-state index in [2.05, 4.69) is 29.0 Å². The summed E-state index contributed by atoms with van der Waals surface area (Å²) in [5.74, 6) is 0.370. The summed E-state index contributed by atoms with van der Waals surface area (Å²) in [6.45, 7) is 4.55. The lowest BCUT2D eigenvalue weighted by Gasteiger charge is -2.37. The lowest BCUT2D eigenvalue weighted by Crippen LogP contribution is -2.49. The van der Waals surface area contributed by atoms with Crippen LogP contribution in [0, 0.1) is 23.2 Å². The Morgan fingerprint density at radius 1 is 1.26 bits per heavy atom. The average molecular weight is 387 g/mol. The summed E-state index contributed by atoms with van der Waals surface area (Å²) in [6, 6.07) is 9.59. The molecule has 0 radical (unpaired) electrons. The van der Waals surface area contributed by atoms with Gasteiger partial charge in [0.05, 0.1) is 23.5 Å². The molecule has 1 aliphatic carbocycles. The van der Waals surface area contributed by atoms with Crippen LogP contribution in [0.15, 0.2) is 42.5 Å². The number of hydrogen-bond acceptors (Lipinski definition) is 4. The Morgan fingerprint density at radius 2 is 2.00 bits per heavy atom. The van der Waals surface area contributed by atoms with Crippen molar-refractivity contribution >= 4 is 15.6 Å². The smallest absolute Gasteiger partial charge is 0.214 e. The summed E-state index contributed by atoms with van der Waals surface area (Å²) < 4.78 is 33.2. The summed E-state index contributed by atoms with van der Waals surface area (Å²) >= 11 is 0. The van der Waals surface area contributed by atoms with Crippen LogP contribution in [0.25, 0.3) is 5.57 Å². The second-order valence-corrected chi connectivity index (χ2v) is 9.72. The molecular weight excluding hydrogens is 360 g/mol. The lowest BCUT2D eigenvalue weighted by molar-refractivity contribution is 0.0218. The van der Waals surface area contributed by atoms with Gasteiger partial charge < -0.3 is 4.74 Å². The Labute approximate surface area is 161 Å². The van der Waals surface area contributed by atoms with E-state index >= 15 is 0 Å². The van der Waals surface area contributed by atoms with Crippen LogP contribution in [0.2, 0.25) is 0 Å². The first-order valence-corrected chi connectivity index (χ1v) is 10.9. The normalized spacial score (nSPS) is 25.9. The summed E-state index contributed by atoms with van der Waals surface area (Å²) in [5, 5.41) is 8.48. The van der Waals surface area contributed by atoms with Gasteiger partial charge in [-0.1, -0.05) is 30.4 Å². The molecule has 0 bridgehead atoms. The molecule has 1 unspecified atom stereocenters. The molecule has 144 valence electrons. The number of allylic oxidation sites excluding steroid dienone is 4. The van der Waals surface area contributed by atoms with Gasteiger partial charge in [0, 0.05) is 18.6 Å². The number of nitrogens with zero attached hydrogens (tertiary/aromatic N) is 1. The molecule has 0 amide bonds. The molecule has 1 fully saturated rings. The first kappa shape index (κ1) is 19.8. The summed E-state index contributed by atoms with van der Waals surface area (Å²) in [4.78, 5) is 0. The predicted octanol–water partition coefficient (Wildman–Crippen LogP) is 3.25. The number of ether oxygens (including phenoxy) is 1. The van der Waals surface area contributed by atoms with Crippen LogP contribution in [-0.2, 0) is 14.8 Å². The minimum absolute atomic E-state index is 0.0920. The molecule has 0 spiro atoms. The van der Waals surface area contributed by atoms with Crippen LogP contribution in [0.4, 0.5) is 0 Å². The maximum Gasteiger partial charge on any atom is 0.214 e.